The first kappa shape index (κ1) is 14.7. The number of nitrogens with one attached hydrogen (secondary N) is 2. The van der Waals surface area contributed by atoms with Gasteiger partial charge in [-0.15, -0.1) is 0 Å². The molecule has 1 saturated carbocycles. The second-order valence-electron chi connectivity index (χ2n) is 4.94. The Kier molecular flexibility index (Phi) is 3.96. The molecule has 1 aliphatic carbocycles. The van der Waals surface area contributed by atoms with Gasteiger partial charge in [0.15, 0.2) is 4.90 Å². The fraction of sp³-hybridized carbons (Fsp3) is 0.500. The molecule has 2 rings (SSSR count). The molecule has 0 saturated heterocycles. The Morgan fingerprint density at radius 2 is 2.05 bits per heavy atom. The first-order valence-electron chi connectivity index (χ1n) is 6.33. The lowest BCUT2D eigenvalue weighted by molar-refractivity contribution is -0.387. The summed E-state index contributed by atoms with van der Waals surface area (Å²) in [7, 11) is -2.27. The van der Waals surface area contributed by atoms with Crippen molar-refractivity contribution in [3.63, 3.8) is 0 Å². The standard InChI is InChI=1S/C12H17N3O4S/c1-8(9-3-4-9)14-20(18,19)12-6-5-10(13-2)7-11(12)15(16)17/h5-9,13-14H,3-4H2,1-2H3. The quantitative estimate of drug-likeness (QED) is 0.615. The molecule has 0 amide bonds. The largest absolute Gasteiger partial charge is 0.388 e. The molecule has 0 spiro atoms. The zero-order valence-corrected chi connectivity index (χ0v) is 12.1. The number of nitro groups is 1. The van der Waals surface area contributed by atoms with Gasteiger partial charge < -0.3 is 5.32 Å². The van der Waals surface area contributed by atoms with Gasteiger partial charge in [0.1, 0.15) is 0 Å². The molecule has 1 atom stereocenters. The maximum atomic E-state index is 12.3. The van der Waals surface area contributed by atoms with E-state index in [-0.39, 0.29) is 10.9 Å². The van der Waals surface area contributed by atoms with Crippen LogP contribution in [0.2, 0.25) is 0 Å². The van der Waals surface area contributed by atoms with Crippen LogP contribution in [0.1, 0.15) is 19.8 Å². The van der Waals surface area contributed by atoms with Gasteiger partial charge in [-0.05, 0) is 37.8 Å². The van der Waals surface area contributed by atoms with E-state index < -0.39 is 20.6 Å². The smallest absolute Gasteiger partial charge is 0.291 e. The van der Waals surface area contributed by atoms with Crippen molar-refractivity contribution in [2.75, 3.05) is 12.4 Å². The highest BCUT2D eigenvalue weighted by atomic mass is 32.2. The topological polar surface area (TPSA) is 101 Å². The highest BCUT2D eigenvalue weighted by Crippen LogP contribution is 2.34. The van der Waals surface area contributed by atoms with Gasteiger partial charge >= 0.3 is 0 Å². The predicted octanol–water partition coefficient (Wildman–Crippen LogP) is 1.71. The van der Waals surface area contributed by atoms with Gasteiger partial charge in [-0.3, -0.25) is 10.1 Å². The second-order valence-corrected chi connectivity index (χ2v) is 6.62. The van der Waals surface area contributed by atoms with Crippen LogP contribution in [0.15, 0.2) is 23.1 Å². The Hall–Kier alpha value is -1.67. The molecule has 110 valence electrons. The van der Waals surface area contributed by atoms with Crippen LogP contribution in [0.3, 0.4) is 0 Å². The maximum absolute atomic E-state index is 12.3. The van der Waals surface area contributed by atoms with Crippen molar-refractivity contribution in [1.29, 1.82) is 0 Å². The van der Waals surface area contributed by atoms with Crippen LogP contribution in [-0.4, -0.2) is 26.4 Å². The van der Waals surface area contributed by atoms with Crippen LogP contribution in [0.25, 0.3) is 0 Å². The molecule has 2 N–H and O–H groups in total. The van der Waals surface area contributed by atoms with Gasteiger partial charge in [0, 0.05) is 24.8 Å². The number of nitro benzene ring substituents is 1. The predicted molar refractivity (Wildman–Crippen MR) is 75.2 cm³/mol. The van der Waals surface area contributed by atoms with Crippen LogP contribution in [-0.2, 0) is 10.0 Å². The van der Waals surface area contributed by atoms with Crippen LogP contribution in [0, 0.1) is 16.0 Å². The number of benzene rings is 1. The molecule has 0 aromatic heterocycles. The summed E-state index contributed by atoms with van der Waals surface area (Å²) < 4.78 is 27.0. The van der Waals surface area contributed by atoms with Gasteiger partial charge in [0.25, 0.3) is 5.69 Å². The molecule has 7 nitrogen and oxygen atoms in total. The minimum atomic E-state index is -3.88. The minimum Gasteiger partial charge on any atom is -0.388 e. The molecule has 0 heterocycles. The average Bonchev–Trinajstić information content (AvgIpc) is 3.21. The zero-order valence-electron chi connectivity index (χ0n) is 11.3. The molecule has 1 aromatic rings. The van der Waals surface area contributed by atoms with Crippen molar-refractivity contribution < 1.29 is 13.3 Å². The molecule has 20 heavy (non-hydrogen) atoms. The van der Waals surface area contributed by atoms with E-state index in [0.717, 1.165) is 12.8 Å². The molecule has 1 aromatic carbocycles. The van der Waals surface area contributed by atoms with E-state index in [1.54, 1.807) is 14.0 Å². The Morgan fingerprint density at radius 3 is 2.55 bits per heavy atom. The van der Waals surface area contributed by atoms with Gasteiger partial charge in [-0.2, -0.15) is 0 Å². The van der Waals surface area contributed by atoms with Gasteiger partial charge in [0.2, 0.25) is 10.0 Å². The van der Waals surface area contributed by atoms with Gasteiger partial charge in [-0.25, -0.2) is 13.1 Å². The summed E-state index contributed by atoms with van der Waals surface area (Å²) in [6.07, 6.45) is 1.98. The summed E-state index contributed by atoms with van der Waals surface area (Å²) in [5, 5.41) is 13.8. The van der Waals surface area contributed by atoms with Crippen LogP contribution < -0.4 is 10.0 Å². The lowest BCUT2D eigenvalue weighted by Gasteiger charge is -2.13. The number of hydrogen-bond donors (Lipinski definition) is 2. The molecule has 0 bridgehead atoms. The number of hydrogen-bond acceptors (Lipinski definition) is 5. The molecule has 8 heteroatoms. The van der Waals surface area contributed by atoms with Crippen LogP contribution in [0.5, 0.6) is 0 Å². The molecule has 0 aliphatic heterocycles. The fourth-order valence-electron chi connectivity index (χ4n) is 2.04. The molecule has 1 fully saturated rings. The van der Waals surface area contributed by atoms with Crippen LogP contribution >= 0.6 is 0 Å². The van der Waals surface area contributed by atoms with Gasteiger partial charge in [-0.1, -0.05) is 0 Å². The summed E-state index contributed by atoms with van der Waals surface area (Å²) in [5.74, 6) is 0.334. The normalized spacial score (nSPS) is 16.7. The number of nitrogens with zero attached hydrogens (tertiary/aromatic N) is 1. The van der Waals surface area contributed by atoms with Crippen molar-refractivity contribution in [1.82, 2.24) is 4.72 Å². The summed E-state index contributed by atoms with van der Waals surface area (Å²) in [6, 6.07) is 3.77. The monoisotopic (exact) mass is 299 g/mol. The summed E-state index contributed by atoms with van der Waals surface area (Å²) in [4.78, 5) is 10.1. The van der Waals surface area contributed by atoms with E-state index in [2.05, 4.69) is 10.0 Å². The third kappa shape index (κ3) is 3.07. The zero-order chi connectivity index (χ0) is 14.9. The Balaban J connectivity index is 2.36. The second kappa shape index (κ2) is 5.37. The van der Waals surface area contributed by atoms with Crippen LogP contribution in [0.4, 0.5) is 11.4 Å². The van der Waals surface area contributed by atoms with E-state index in [0.29, 0.717) is 11.6 Å². The first-order chi connectivity index (χ1) is 9.35. The molecule has 1 unspecified atom stereocenters. The summed E-state index contributed by atoms with van der Waals surface area (Å²) in [5.41, 5.74) is 0.0678. The van der Waals surface area contributed by atoms with E-state index >= 15 is 0 Å². The summed E-state index contributed by atoms with van der Waals surface area (Å²) >= 11 is 0. The lowest BCUT2D eigenvalue weighted by atomic mass is 10.2. The minimum absolute atomic E-state index is 0.205. The highest BCUT2D eigenvalue weighted by Gasteiger charge is 2.33. The van der Waals surface area contributed by atoms with Crippen molar-refractivity contribution in [3.05, 3.63) is 28.3 Å². The van der Waals surface area contributed by atoms with Gasteiger partial charge in [0.05, 0.1) is 4.92 Å². The Morgan fingerprint density at radius 1 is 1.40 bits per heavy atom. The average molecular weight is 299 g/mol. The molecular formula is C12H17N3O4S. The SMILES string of the molecule is CNc1ccc(S(=O)(=O)NC(C)C2CC2)c([N+](=O)[O-])c1. The van der Waals surface area contributed by atoms with Crippen molar-refractivity contribution >= 4 is 21.4 Å². The van der Waals surface area contributed by atoms with Crippen molar-refractivity contribution in [3.8, 4) is 0 Å². The number of anilines is 1. The maximum Gasteiger partial charge on any atom is 0.291 e. The molecular weight excluding hydrogens is 282 g/mol. The third-order valence-corrected chi connectivity index (χ3v) is 5.01. The highest BCUT2D eigenvalue weighted by molar-refractivity contribution is 7.89. The lowest BCUT2D eigenvalue weighted by Crippen LogP contribution is -2.34. The summed E-state index contributed by atoms with van der Waals surface area (Å²) in [6.45, 7) is 1.78. The van der Waals surface area contributed by atoms with Crippen molar-refractivity contribution in [2.45, 2.75) is 30.7 Å². The molecule has 0 radical (unpaired) electrons. The van der Waals surface area contributed by atoms with E-state index in [1.807, 2.05) is 0 Å². The fourth-order valence-corrected chi connectivity index (χ4v) is 3.51. The Labute approximate surface area is 117 Å². The van der Waals surface area contributed by atoms with E-state index in [4.69, 9.17) is 0 Å². The van der Waals surface area contributed by atoms with Crippen molar-refractivity contribution in [2.24, 2.45) is 5.92 Å². The number of sulfonamides is 1. The number of rotatable bonds is 6. The van der Waals surface area contributed by atoms with E-state index in [1.165, 1.54) is 18.2 Å². The Bertz CT molecular complexity index is 626. The first-order valence-corrected chi connectivity index (χ1v) is 7.82. The third-order valence-electron chi connectivity index (χ3n) is 3.40. The van der Waals surface area contributed by atoms with E-state index in [9.17, 15) is 18.5 Å². The molecule has 1 aliphatic rings.